The van der Waals surface area contributed by atoms with Gasteiger partial charge < -0.3 is 5.11 Å². The van der Waals surface area contributed by atoms with E-state index in [1.807, 2.05) is 18.2 Å². The van der Waals surface area contributed by atoms with Crippen molar-refractivity contribution >= 4 is 6.08 Å². The largest absolute Gasteiger partial charge is 0.392 e. The van der Waals surface area contributed by atoms with E-state index in [-0.39, 0.29) is 6.61 Å². The van der Waals surface area contributed by atoms with Crippen molar-refractivity contribution in [2.75, 3.05) is 0 Å². The minimum Gasteiger partial charge on any atom is -0.392 e. The molecule has 0 spiro atoms. The second kappa shape index (κ2) is 4.43. The highest BCUT2D eigenvalue weighted by atomic mass is 16.3. The Hall–Kier alpha value is -1.86. The van der Waals surface area contributed by atoms with Crippen molar-refractivity contribution in [2.45, 2.75) is 19.4 Å². The Bertz CT molecular complexity index is 611. The van der Waals surface area contributed by atoms with Crippen LogP contribution in [0.3, 0.4) is 0 Å². The topological polar surface area (TPSA) is 20.2 Å². The summed E-state index contributed by atoms with van der Waals surface area (Å²) in [7, 11) is 0. The molecule has 1 heteroatoms. The highest BCUT2D eigenvalue weighted by Crippen LogP contribution is 2.41. The van der Waals surface area contributed by atoms with Gasteiger partial charge in [0.25, 0.3) is 0 Å². The van der Waals surface area contributed by atoms with Crippen LogP contribution in [0.5, 0.6) is 0 Å². The maximum Gasteiger partial charge on any atom is 0.0684 e. The van der Waals surface area contributed by atoms with Crippen LogP contribution in [0.1, 0.15) is 35.1 Å². The van der Waals surface area contributed by atoms with Gasteiger partial charge in [0.1, 0.15) is 0 Å². The fraction of sp³-hybridized carbons (Fsp3) is 0.176. The molecule has 1 nitrogen and oxygen atoms in total. The van der Waals surface area contributed by atoms with Crippen LogP contribution in [0.2, 0.25) is 0 Å². The number of aliphatic hydroxyl groups is 1. The lowest BCUT2D eigenvalue weighted by Crippen LogP contribution is -2.03. The number of hydrogen-bond acceptors (Lipinski definition) is 1. The first kappa shape index (κ1) is 11.2. The highest BCUT2D eigenvalue weighted by molar-refractivity contribution is 5.69. The second-order valence-corrected chi connectivity index (χ2v) is 4.81. The standard InChI is InChI=1S/C17H16O/c1-12-10-13-6-2-4-8-15(13)17(12)16-9-5-3-7-14(16)11-18/h2-10,17-18H,11H2,1H3. The molecule has 3 rings (SSSR count). The van der Waals surface area contributed by atoms with Crippen molar-refractivity contribution in [3.8, 4) is 0 Å². The maximum absolute atomic E-state index is 9.49. The van der Waals surface area contributed by atoms with Gasteiger partial charge in [0.05, 0.1) is 6.61 Å². The average molecular weight is 236 g/mol. The minimum atomic E-state index is 0.0993. The third kappa shape index (κ3) is 1.68. The molecule has 1 aliphatic rings. The number of rotatable bonds is 2. The molecule has 0 fully saturated rings. The monoisotopic (exact) mass is 236 g/mol. The fourth-order valence-corrected chi connectivity index (χ4v) is 2.85. The summed E-state index contributed by atoms with van der Waals surface area (Å²) in [6, 6.07) is 16.6. The van der Waals surface area contributed by atoms with Crippen molar-refractivity contribution < 1.29 is 5.11 Å². The third-order valence-corrected chi connectivity index (χ3v) is 3.68. The molecule has 1 unspecified atom stereocenters. The predicted octanol–water partition coefficient (Wildman–Crippen LogP) is 3.73. The maximum atomic E-state index is 9.49. The normalized spacial score (nSPS) is 17.4. The summed E-state index contributed by atoms with van der Waals surface area (Å²) < 4.78 is 0. The molecule has 0 bridgehead atoms. The fourth-order valence-electron chi connectivity index (χ4n) is 2.85. The molecule has 0 aromatic heterocycles. The SMILES string of the molecule is CC1=Cc2ccccc2C1c1ccccc1CO. The quantitative estimate of drug-likeness (QED) is 0.842. The van der Waals surface area contributed by atoms with Gasteiger partial charge >= 0.3 is 0 Å². The van der Waals surface area contributed by atoms with Gasteiger partial charge in [0.15, 0.2) is 0 Å². The molecule has 1 aliphatic carbocycles. The zero-order valence-corrected chi connectivity index (χ0v) is 10.4. The lowest BCUT2D eigenvalue weighted by molar-refractivity contribution is 0.280. The van der Waals surface area contributed by atoms with Gasteiger partial charge in [-0.05, 0) is 29.2 Å². The van der Waals surface area contributed by atoms with Gasteiger partial charge in [-0.2, -0.15) is 0 Å². The van der Waals surface area contributed by atoms with Crippen LogP contribution in [-0.2, 0) is 6.61 Å². The molecule has 18 heavy (non-hydrogen) atoms. The zero-order valence-electron chi connectivity index (χ0n) is 10.4. The van der Waals surface area contributed by atoms with Crippen molar-refractivity contribution in [1.82, 2.24) is 0 Å². The van der Waals surface area contributed by atoms with Crippen LogP contribution >= 0.6 is 0 Å². The van der Waals surface area contributed by atoms with E-state index in [1.54, 1.807) is 0 Å². The summed E-state index contributed by atoms with van der Waals surface area (Å²) in [4.78, 5) is 0. The van der Waals surface area contributed by atoms with Crippen molar-refractivity contribution in [2.24, 2.45) is 0 Å². The van der Waals surface area contributed by atoms with E-state index >= 15 is 0 Å². The Kier molecular flexibility index (Phi) is 2.77. The van der Waals surface area contributed by atoms with Gasteiger partial charge in [0, 0.05) is 5.92 Å². The summed E-state index contributed by atoms with van der Waals surface area (Å²) >= 11 is 0. The van der Waals surface area contributed by atoms with Crippen LogP contribution in [0.25, 0.3) is 6.08 Å². The summed E-state index contributed by atoms with van der Waals surface area (Å²) in [5.41, 5.74) is 6.23. The van der Waals surface area contributed by atoms with E-state index in [0.717, 1.165) is 5.56 Å². The van der Waals surface area contributed by atoms with Crippen LogP contribution in [0.15, 0.2) is 54.1 Å². The molecule has 0 aliphatic heterocycles. The molecule has 0 radical (unpaired) electrons. The van der Waals surface area contributed by atoms with E-state index < -0.39 is 0 Å². The number of hydrogen-bond donors (Lipinski definition) is 1. The van der Waals surface area contributed by atoms with Crippen LogP contribution in [0.4, 0.5) is 0 Å². The summed E-state index contributed by atoms with van der Waals surface area (Å²) in [6.07, 6.45) is 2.24. The average Bonchev–Trinajstić information content (AvgIpc) is 2.74. The van der Waals surface area contributed by atoms with E-state index in [2.05, 4.69) is 43.3 Å². The number of benzene rings is 2. The lowest BCUT2D eigenvalue weighted by atomic mass is 9.86. The number of fused-ring (bicyclic) bond motifs is 1. The molecular weight excluding hydrogens is 220 g/mol. The molecule has 2 aromatic carbocycles. The molecule has 0 saturated carbocycles. The molecule has 0 heterocycles. The van der Waals surface area contributed by atoms with Crippen molar-refractivity contribution in [3.63, 3.8) is 0 Å². The first-order chi connectivity index (χ1) is 8.81. The zero-order chi connectivity index (χ0) is 12.5. The molecule has 2 aromatic rings. The van der Waals surface area contributed by atoms with Crippen LogP contribution in [0, 0.1) is 0 Å². The molecule has 0 saturated heterocycles. The van der Waals surface area contributed by atoms with Crippen molar-refractivity contribution in [3.05, 3.63) is 76.4 Å². The van der Waals surface area contributed by atoms with Gasteiger partial charge in [-0.15, -0.1) is 0 Å². The van der Waals surface area contributed by atoms with Gasteiger partial charge in [0.2, 0.25) is 0 Å². The Morgan fingerprint density at radius 1 is 0.944 bits per heavy atom. The van der Waals surface area contributed by atoms with Gasteiger partial charge in [-0.1, -0.05) is 60.2 Å². The second-order valence-electron chi connectivity index (χ2n) is 4.81. The Labute approximate surface area is 107 Å². The summed E-state index contributed by atoms with van der Waals surface area (Å²) in [5, 5.41) is 9.49. The lowest BCUT2D eigenvalue weighted by Gasteiger charge is -2.18. The number of aliphatic hydroxyl groups excluding tert-OH is 1. The molecular formula is C17H16O. The van der Waals surface area contributed by atoms with Gasteiger partial charge in [-0.3, -0.25) is 0 Å². The Balaban J connectivity index is 2.16. The molecule has 90 valence electrons. The minimum absolute atomic E-state index is 0.0993. The number of allylic oxidation sites excluding steroid dienone is 1. The van der Waals surface area contributed by atoms with E-state index in [0.29, 0.717) is 5.92 Å². The highest BCUT2D eigenvalue weighted by Gasteiger charge is 2.25. The van der Waals surface area contributed by atoms with Crippen molar-refractivity contribution in [1.29, 1.82) is 0 Å². The molecule has 0 amide bonds. The van der Waals surface area contributed by atoms with E-state index in [1.165, 1.54) is 22.3 Å². The van der Waals surface area contributed by atoms with E-state index in [9.17, 15) is 5.11 Å². The first-order valence-corrected chi connectivity index (χ1v) is 6.27. The van der Waals surface area contributed by atoms with Crippen LogP contribution in [-0.4, -0.2) is 5.11 Å². The summed E-state index contributed by atoms with van der Waals surface area (Å²) in [5.74, 6) is 0.296. The first-order valence-electron chi connectivity index (χ1n) is 6.27. The molecule has 1 atom stereocenters. The molecule has 1 N–H and O–H groups in total. The van der Waals surface area contributed by atoms with E-state index in [4.69, 9.17) is 0 Å². The van der Waals surface area contributed by atoms with Crippen LogP contribution < -0.4 is 0 Å². The third-order valence-electron chi connectivity index (χ3n) is 3.68. The summed E-state index contributed by atoms with van der Waals surface area (Å²) in [6.45, 7) is 2.26. The Morgan fingerprint density at radius 2 is 1.61 bits per heavy atom. The van der Waals surface area contributed by atoms with Gasteiger partial charge in [-0.25, -0.2) is 0 Å². The smallest absolute Gasteiger partial charge is 0.0684 e. The predicted molar refractivity (Wildman–Crippen MR) is 74.3 cm³/mol. The Morgan fingerprint density at radius 3 is 2.39 bits per heavy atom.